The highest BCUT2D eigenvalue weighted by Gasteiger charge is 2.12. The van der Waals surface area contributed by atoms with Gasteiger partial charge in [-0.3, -0.25) is 9.59 Å². The monoisotopic (exact) mass is 680 g/mol. The van der Waals surface area contributed by atoms with E-state index in [-0.39, 0.29) is 43.1 Å². The van der Waals surface area contributed by atoms with E-state index in [2.05, 4.69) is 30.6 Å². The molecule has 4 rings (SSSR count). The molecule has 4 aromatic rings. The van der Waals surface area contributed by atoms with Crippen LogP contribution in [0.15, 0.2) is 74.2 Å². The Bertz CT molecular complexity index is 1760. The van der Waals surface area contributed by atoms with Gasteiger partial charge in [0.25, 0.3) is 0 Å². The number of aromatic amines is 2. The Kier molecular flexibility index (Phi) is 13.4. The lowest BCUT2D eigenvalue weighted by molar-refractivity contribution is -0.119. The fourth-order valence-electron chi connectivity index (χ4n) is 4.08. The Morgan fingerprint density at radius 2 is 1.38 bits per heavy atom. The van der Waals surface area contributed by atoms with Crippen molar-refractivity contribution in [1.82, 2.24) is 30.6 Å². The second-order valence-corrected chi connectivity index (χ2v) is 12.1. The number of carbonyl (C=O) groups excluding carboxylic acids is 2. The number of aromatic nitrogens is 4. The van der Waals surface area contributed by atoms with Crippen molar-refractivity contribution in [2.24, 2.45) is 0 Å². The zero-order valence-electron chi connectivity index (χ0n) is 26.2. The van der Waals surface area contributed by atoms with E-state index in [1.807, 2.05) is 43.3 Å². The highest BCUT2D eigenvalue weighted by Crippen LogP contribution is 2.21. The molecule has 4 N–H and O–H groups in total. The van der Waals surface area contributed by atoms with Gasteiger partial charge in [-0.05, 0) is 55.3 Å². The molecule has 0 radical (unpaired) electrons. The topological polar surface area (TPSA) is 177 Å². The van der Waals surface area contributed by atoms with E-state index in [0.29, 0.717) is 40.3 Å². The summed E-state index contributed by atoms with van der Waals surface area (Å²) < 4.78 is 16.6. The first-order valence-corrected chi connectivity index (χ1v) is 16.5. The quantitative estimate of drug-likeness (QED) is 0.0733. The van der Waals surface area contributed by atoms with E-state index in [0.717, 1.165) is 22.4 Å². The van der Waals surface area contributed by atoms with Gasteiger partial charge in [0.2, 0.25) is 11.8 Å². The molecule has 13 nitrogen and oxygen atoms in total. The van der Waals surface area contributed by atoms with Crippen molar-refractivity contribution in [3.63, 3.8) is 0 Å². The van der Waals surface area contributed by atoms with Gasteiger partial charge in [0.15, 0.2) is 0 Å². The number of rotatable bonds is 17. The molecule has 0 aliphatic carbocycles. The summed E-state index contributed by atoms with van der Waals surface area (Å²) in [5.41, 5.74) is 2.90. The molecule has 0 atom stereocenters. The third-order valence-electron chi connectivity index (χ3n) is 6.59. The van der Waals surface area contributed by atoms with Gasteiger partial charge in [0.05, 0.1) is 37.5 Å². The predicted molar refractivity (Wildman–Crippen MR) is 179 cm³/mol. The average Bonchev–Trinajstić information content (AvgIpc) is 3.06. The normalized spacial score (nSPS) is 10.8. The van der Waals surface area contributed by atoms with Crippen LogP contribution in [0.1, 0.15) is 28.1 Å². The maximum Gasteiger partial charge on any atom is 0.346 e. The number of hydrogen-bond donors (Lipinski definition) is 4. The molecule has 0 fully saturated rings. The smallest absolute Gasteiger partial charge is 0.346 e. The molecule has 0 bridgehead atoms. The van der Waals surface area contributed by atoms with Crippen molar-refractivity contribution >= 4 is 35.3 Å². The summed E-state index contributed by atoms with van der Waals surface area (Å²) >= 11 is 2.39. The SMILES string of the molecule is COc1ccc(CNC(=O)CSc2nc(=O)[nH]c(COCCOc3ccc(CNC(=O)CSc4cc(C)[nH]c(=O)n4)cc3)c2C)cc1. The van der Waals surface area contributed by atoms with Crippen LogP contribution >= 0.6 is 23.5 Å². The van der Waals surface area contributed by atoms with Gasteiger partial charge in [0.1, 0.15) is 28.2 Å². The second-order valence-electron chi connectivity index (χ2n) is 10.2. The van der Waals surface area contributed by atoms with E-state index in [1.54, 1.807) is 32.2 Å². The summed E-state index contributed by atoms with van der Waals surface area (Å²) in [6.07, 6.45) is 0. The van der Waals surface area contributed by atoms with Crippen molar-refractivity contribution in [1.29, 1.82) is 0 Å². The van der Waals surface area contributed by atoms with Crippen LogP contribution in [0, 0.1) is 13.8 Å². The molecule has 2 heterocycles. The number of ether oxygens (including phenoxy) is 3. The molecule has 0 saturated carbocycles. The van der Waals surface area contributed by atoms with E-state index < -0.39 is 11.4 Å². The number of nitrogens with one attached hydrogen (secondary N) is 4. The van der Waals surface area contributed by atoms with Gasteiger partial charge in [-0.2, -0.15) is 9.97 Å². The highest BCUT2D eigenvalue weighted by atomic mass is 32.2. The molecule has 0 unspecified atom stereocenters. The number of benzene rings is 2. The van der Waals surface area contributed by atoms with Crippen molar-refractivity contribution in [3.05, 3.63) is 104 Å². The van der Waals surface area contributed by atoms with Crippen molar-refractivity contribution < 1.29 is 23.8 Å². The fraction of sp³-hybridized carbons (Fsp3) is 0.312. The van der Waals surface area contributed by atoms with E-state index in [4.69, 9.17) is 14.2 Å². The molecular formula is C32H36N6O7S2. The van der Waals surface area contributed by atoms with Crippen LogP contribution in [0.4, 0.5) is 0 Å². The molecular weight excluding hydrogens is 645 g/mol. The maximum absolute atomic E-state index is 12.4. The van der Waals surface area contributed by atoms with Crippen molar-refractivity contribution in [2.75, 3.05) is 31.8 Å². The molecule has 248 valence electrons. The number of carbonyl (C=O) groups is 2. The van der Waals surface area contributed by atoms with E-state index in [1.165, 1.54) is 23.5 Å². The minimum Gasteiger partial charge on any atom is -0.497 e. The number of H-pyrrole nitrogens is 2. The second kappa shape index (κ2) is 17.9. The van der Waals surface area contributed by atoms with Crippen LogP contribution in [0.2, 0.25) is 0 Å². The Hall–Kier alpha value is -4.60. The molecule has 0 saturated heterocycles. The number of thioether (sulfide) groups is 2. The summed E-state index contributed by atoms with van der Waals surface area (Å²) in [4.78, 5) is 61.4. The number of amides is 2. The Balaban J connectivity index is 1.13. The van der Waals surface area contributed by atoms with Gasteiger partial charge >= 0.3 is 11.4 Å². The van der Waals surface area contributed by atoms with E-state index in [9.17, 15) is 19.2 Å². The predicted octanol–water partition coefficient (Wildman–Crippen LogP) is 2.89. The Labute approximate surface area is 279 Å². The first-order chi connectivity index (χ1) is 22.7. The molecule has 2 aromatic heterocycles. The number of nitrogens with zero attached hydrogens (tertiary/aromatic N) is 2. The van der Waals surface area contributed by atoms with E-state index >= 15 is 0 Å². The van der Waals surface area contributed by atoms with Crippen molar-refractivity contribution in [3.8, 4) is 11.5 Å². The molecule has 0 aliphatic heterocycles. The zero-order chi connectivity index (χ0) is 33.6. The third-order valence-corrected chi connectivity index (χ3v) is 8.57. The van der Waals surface area contributed by atoms with Crippen LogP contribution in [-0.2, 0) is 34.0 Å². The van der Waals surface area contributed by atoms with Gasteiger partial charge in [-0.25, -0.2) is 9.59 Å². The maximum atomic E-state index is 12.4. The average molecular weight is 681 g/mol. The lowest BCUT2D eigenvalue weighted by atomic mass is 10.2. The van der Waals surface area contributed by atoms with Gasteiger partial charge in [-0.1, -0.05) is 47.8 Å². The lowest BCUT2D eigenvalue weighted by Crippen LogP contribution is -2.25. The summed E-state index contributed by atoms with van der Waals surface area (Å²) in [6, 6.07) is 16.5. The molecule has 0 spiro atoms. The first kappa shape index (κ1) is 35.3. The molecule has 15 heteroatoms. The van der Waals surface area contributed by atoms with Gasteiger partial charge in [-0.15, -0.1) is 0 Å². The highest BCUT2D eigenvalue weighted by molar-refractivity contribution is 8.00. The first-order valence-electron chi connectivity index (χ1n) is 14.6. The lowest BCUT2D eigenvalue weighted by Gasteiger charge is -2.11. The minimum absolute atomic E-state index is 0.112. The minimum atomic E-state index is -0.512. The van der Waals surface area contributed by atoms with Gasteiger partial charge < -0.3 is 34.8 Å². The summed E-state index contributed by atoms with van der Waals surface area (Å²) in [6.45, 7) is 5.02. The van der Waals surface area contributed by atoms with Crippen LogP contribution in [0.5, 0.6) is 11.5 Å². The molecule has 0 aliphatic rings. The largest absolute Gasteiger partial charge is 0.497 e. The third kappa shape index (κ3) is 11.9. The van der Waals surface area contributed by atoms with Crippen molar-refractivity contribution in [2.45, 2.75) is 43.6 Å². The van der Waals surface area contributed by atoms with Crippen LogP contribution in [0.25, 0.3) is 0 Å². The Morgan fingerprint density at radius 3 is 2.00 bits per heavy atom. The summed E-state index contributed by atoms with van der Waals surface area (Å²) in [5.74, 6) is 1.30. The van der Waals surface area contributed by atoms with Crippen LogP contribution < -0.4 is 31.5 Å². The zero-order valence-corrected chi connectivity index (χ0v) is 27.8. The molecule has 2 aromatic carbocycles. The Morgan fingerprint density at radius 1 is 0.787 bits per heavy atom. The van der Waals surface area contributed by atoms with Crippen LogP contribution in [-0.4, -0.2) is 63.6 Å². The van der Waals surface area contributed by atoms with Crippen LogP contribution in [0.3, 0.4) is 0 Å². The summed E-state index contributed by atoms with van der Waals surface area (Å²) in [5, 5.41) is 6.68. The van der Waals surface area contributed by atoms with Gasteiger partial charge in [0, 0.05) is 24.3 Å². The summed E-state index contributed by atoms with van der Waals surface area (Å²) in [7, 11) is 1.60. The standard InChI is InChI=1S/C32H36N6O7S2/c1-20-14-29(37-31(41)35-20)46-18-27(39)33-16-23-6-10-25(11-7-23)45-13-12-44-17-26-21(2)30(38-32(42)36-26)47-19-28(40)34-15-22-4-8-24(43-3)9-5-22/h4-11,14H,12-13,15-19H2,1-3H3,(H,33,39)(H,34,40)(H,35,37,41)(H,36,38,42). The molecule has 2 amide bonds. The number of aryl methyl sites for hydroxylation is 1. The number of methoxy groups -OCH3 is 1. The fourth-order valence-corrected chi connectivity index (χ4v) is 5.73. The molecule has 47 heavy (non-hydrogen) atoms. The number of hydrogen-bond acceptors (Lipinski definition) is 11.